The molecule has 0 aliphatic carbocycles. The summed E-state index contributed by atoms with van der Waals surface area (Å²) in [4.78, 5) is 27.0. The van der Waals surface area contributed by atoms with Crippen molar-refractivity contribution in [2.75, 3.05) is 13.7 Å². The molecule has 1 rings (SSSR count). The summed E-state index contributed by atoms with van der Waals surface area (Å²) in [5, 5.41) is 37.6. The van der Waals surface area contributed by atoms with Crippen molar-refractivity contribution in [1.29, 1.82) is 0 Å². The molecule has 1 fully saturated rings. The Morgan fingerprint density at radius 3 is 2.38 bits per heavy atom. The molecule has 0 aromatic carbocycles. The summed E-state index contributed by atoms with van der Waals surface area (Å²) in [5.41, 5.74) is 1.94. The van der Waals surface area contributed by atoms with Gasteiger partial charge in [0.25, 0.3) is 0 Å². The van der Waals surface area contributed by atoms with Gasteiger partial charge in [0.15, 0.2) is 0 Å². The van der Waals surface area contributed by atoms with E-state index in [0.717, 1.165) is 0 Å². The second-order valence-corrected chi connectivity index (χ2v) is 4.42. The van der Waals surface area contributed by atoms with Crippen molar-refractivity contribution in [1.82, 2.24) is 5.48 Å². The highest BCUT2D eigenvalue weighted by Gasteiger charge is 2.44. The fraction of sp³-hybridized carbons (Fsp3) is 0.818. The highest BCUT2D eigenvalue weighted by Crippen LogP contribution is 2.21. The van der Waals surface area contributed by atoms with E-state index in [0.29, 0.717) is 0 Å². The summed E-state index contributed by atoms with van der Waals surface area (Å²) < 4.78 is 9.34. The van der Waals surface area contributed by atoms with Gasteiger partial charge in [0, 0.05) is 6.42 Å². The van der Waals surface area contributed by atoms with E-state index in [-0.39, 0.29) is 12.8 Å². The molecule has 0 bridgehead atoms. The smallest absolute Gasteiger partial charge is 0.306 e. The molecule has 0 unspecified atom stereocenters. The van der Waals surface area contributed by atoms with Gasteiger partial charge < -0.3 is 29.9 Å². The number of hydrogen-bond acceptors (Lipinski definition) is 9. The Hall–Kier alpha value is -1.30. The number of aliphatic hydroxyl groups excluding tert-OH is 4. The molecule has 0 radical (unpaired) electrons. The van der Waals surface area contributed by atoms with Crippen LogP contribution in [0.2, 0.25) is 0 Å². The number of hydroxylamine groups is 1. The van der Waals surface area contributed by atoms with Crippen molar-refractivity contribution in [3.63, 3.8) is 0 Å². The summed E-state index contributed by atoms with van der Waals surface area (Å²) >= 11 is 0. The number of rotatable bonds is 6. The van der Waals surface area contributed by atoms with Crippen LogP contribution in [-0.2, 0) is 23.9 Å². The first-order chi connectivity index (χ1) is 9.90. The van der Waals surface area contributed by atoms with Crippen molar-refractivity contribution < 1.29 is 44.3 Å². The van der Waals surface area contributed by atoms with Gasteiger partial charge in [-0.2, -0.15) is 0 Å². The highest BCUT2D eigenvalue weighted by molar-refractivity contribution is 5.80. The number of carbonyl (C=O) groups is 2. The Morgan fingerprint density at radius 2 is 1.81 bits per heavy atom. The molecule has 0 saturated carbocycles. The van der Waals surface area contributed by atoms with E-state index in [1.54, 1.807) is 0 Å². The number of nitrogens with one attached hydrogen (secondary N) is 1. The van der Waals surface area contributed by atoms with Crippen LogP contribution in [0.3, 0.4) is 0 Å². The van der Waals surface area contributed by atoms with Crippen LogP contribution in [-0.4, -0.2) is 76.7 Å². The minimum Gasteiger partial charge on any atom is -0.469 e. The van der Waals surface area contributed by atoms with E-state index in [1.807, 2.05) is 5.48 Å². The number of carbonyl (C=O) groups excluding carboxylic acids is 2. The molecule has 21 heavy (non-hydrogen) atoms. The van der Waals surface area contributed by atoms with Crippen LogP contribution in [0.5, 0.6) is 0 Å². The van der Waals surface area contributed by atoms with E-state index < -0.39 is 49.2 Å². The molecule has 1 amide bonds. The summed E-state index contributed by atoms with van der Waals surface area (Å²) in [5.74, 6) is -1.24. The predicted octanol–water partition coefficient (Wildman–Crippen LogP) is -3.21. The molecule has 1 saturated heterocycles. The molecule has 10 heteroatoms. The molecule has 5 N–H and O–H groups in total. The zero-order valence-corrected chi connectivity index (χ0v) is 11.3. The van der Waals surface area contributed by atoms with Crippen molar-refractivity contribution in [2.45, 2.75) is 43.5 Å². The molecule has 10 nitrogen and oxygen atoms in total. The number of aliphatic hydroxyl groups is 4. The molecule has 1 aliphatic rings. The lowest BCUT2D eigenvalue weighted by Crippen LogP contribution is -2.60. The molecule has 0 aromatic rings. The lowest BCUT2D eigenvalue weighted by atomic mass is 9.99. The molecule has 1 heterocycles. The monoisotopic (exact) mass is 309 g/mol. The van der Waals surface area contributed by atoms with Gasteiger partial charge in [0.2, 0.25) is 12.2 Å². The average Bonchev–Trinajstić information content (AvgIpc) is 2.49. The second kappa shape index (κ2) is 8.22. The Bertz CT molecular complexity index is 362. The van der Waals surface area contributed by atoms with Crippen LogP contribution in [0, 0.1) is 0 Å². The number of hydrogen-bond donors (Lipinski definition) is 5. The lowest BCUT2D eigenvalue weighted by molar-refractivity contribution is -0.313. The topological polar surface area (TPSA) is 155 Å². The molecule has 0 spiro atoms. The van der Waals surface area contributed by atoms with Crippen molar-refractivity contribution >= 4 is 11.9 Å². The summed E-state index contributed by atoms with van der Waals surface area (Å²) in [6.07, 6.45) is -7.70. The highest BCUT2D eigenvalue weighted by atomic mass is 16.8. The fourth-order valence-corrected chi connectivity index (χ4v) is 1.66. The zero-order valence-electron chi connectivity index (χ0n) is 11.3. The van der Waals surface area contributed by atoms with Crippen molar-refractivity contribution in [3.8, 4) is 0 Å². The second-order valence-electron chi connectivity index (χ2n) is 4.42. The van der Waals surface area contributed by atoms with Crippen LogP contribution in [0.4, 0.5) is 0 Å². The largest absolute Gasteiger partial charge is 0.469 e. The minimum atomic E-state index is -1.62. The normalized spacial score (nSPS) is 32.5. The van der Waals surface area contributed by atoms with Gasteiger partial charge in [-0.15, -0.1) is 0 Å². The maximum absolute atomic E-state index is 11.4. The van der Waals surface area contributed by atoms with E-state index in [1.165, 1.54) is 7.11 Å². The quantitative estimate of drug-likeness (QED) is 0.252. The molecule has 1 aliphatic heterocycles. The summed E-state index contributed by atoms with van der Waals surface area (Å²) in [7, 11) is 1.19. The first-order valence-electron chi connectivity index (χ1n) is 6.22. The number of esters is 1. The van der Waals surface area contributed by atoms with Gasteiger partial charge >= 0.3 is 5.97 Å². The van der Waals surface area contributed by atoms with Gasteiger partial charge in [-0.05, 0) is 0 Å². The van der Waals surface area contributed by atoms with Crippen molar-refractivity contribution in [2.24, 2.45) is 0 Å². The molecular formula is C11H19NO9. The third-order valence-electron chi connectivity index (χ3n) is 2.92. The number of methoxy groups -OCH3 is 1. The van der Waals surface area contributed by atoms with E-state index in [2.05, 4.69) is 4.74 Å². The van der Waals surface area contributed by atoms with Crippen LogP contribution in [0.15, 0.2) is 0 Å². The SMILES string of the molecule is COC(=O)CCC(=O)NO[C@@H]1O[C@H](CO)[C@@H](O)[C@H](O)[C@H]1O. The Kier molecular flexibility index (Phi) is 6.95. The fourth-order valence-electron chi connectivity index (χ4n) is 1.66. The molecule has 0 aromatic heterocycles. The van der Waals surface area contributed by atoms with Crippen LogP contribution in [0.1, 0.15) is 12.8 Å². The lowest BCUT2D eigenvalue weighted by Gasteiger charge is -2.39. The first-order valence-corrected chi connectivity index (χ1v) is 6.22. The van der Waals surface area contributed by atoms with Gasteiger partial charge in [-0.3, -0.25) is 9.59 Å². The summed E-state index contributed by atoms with van der Waals surface area (Å²) in [6, 6.07) is 0. The first kappa shape index (κ1) is 17.8. The average molecular weight is 309 g/mol. The van der Waals surface area contributed by atoms with Crippen LogP contribution >= 0.6 is 0 Å². The van der Waals surface area contributed by atoms with E-state index >= 15 is 0 Å². The van der Waals surface area contributed by atoms with Crippen LogP contribution < -0.4 is 5.48 Å². The molecule has 5 atom stereocenters. The number of ether oxygens (including phenoxy) is 2. The summed E-state index contributed by atoms with van der Waals surface area (Å²) in [6.45, 7) is -0.610. The maximum atomic E-state index is 11.4. The van der Waals surface area contributed by atoms with Gasteiger partial charge in [-0.25, -0.2) is 10.3 Å². The van der Waals surface area contributed by atoms with E-state index in [9.17, 15) is 24.9 Å². The Balaban J connectivity index is 2.43. The van der Waals surface area contributed by atoms with Gasteiger partial charge in [0.1, 0.15) is 24.4 Å². The third-order valence-corrected chi connectivity index (χ3v) is 2.92. The standard InChI is InChI=1S/C11H19NO9/c1-19-7(15)3-2-6(14)12-21-11-10(18)9(17)8(16)5(4-13)20-11/h5,8-11,13,16-18H,2-4H2,1H3,(H,12,14)/t5-,8-,9+,10-,11+/m1/s1. The predicted molar refractivity (Wildman–Crippen MR) is 64.2 cm³/mol. The van der Waals surface area contributed by atoms with Gasteiger partial charge in [-0.1, -0.05) is 0 Å². The Labute approximate surface area is 120 Å². The molecule has 122 valence electrons. The zero-order chi connectivity index (χ0) is 16.0. The van der Waals surface area contributed by atoms with Crippen LogP contribution in [0.25, 0.3) is 0 Å². The Morgan fingerprint density at radius 1 is 1.14 bits per heavy atom. The molecular weight excluding hydrogens is 290 g/mol. The minimum absolute atomic E-state index is 0.152. The maximum Gasteiger partial charge on any atom is 0.306 e. The van der Waals surface area contributed by atoms with Gasteiger partial charge in [0.05, 0.1) is 20.1 Å². The van der Waals surface area contributed by atoms with E-state index in [4.69, 9.17) is 14.7 Å². The van der Waals surface area contributed by atoms with Crippen molar-refractivity contribution in [3.05, 3.63) is 0 Å². The third kappa shape index (κ3) is 4.88. The number of amides is 1.